The average Bonchev–Trinajstić information content (AvgIpc) is 2.43. The Morgan fingerprint density at radius 1 is 1.20 bits per heavy atom. The number of aliphatic hydroxyl groups excluding tert-OH is 1. The Morgan fingerprint density at radius 2 is 1.75 bits per heavy atom. The van der Waals surface area contributed by atoms with Crippen LogP contribution >= 0.6 is 0 Å². The van der Waals surface area contributed by atoms with Crippen LogP contribution in [0.5, 0.6) is 0 Å². The lowest BCUT2D eigenvalue weighted by Gasteiger charge is -2.32. The predicted octanol–water partition coefficient (Wildman–Crippen LogP) is 1.01. The fourth-order valence-electron chi connectivity index (χ4n) is 2.31. The SMILES string of the molecule is CC(C)C(=O)N1CCC(C(=O)NCC(O)C(C)C)CC1. The van der Waals surface area contributed by atoms with E-state index in [4.69, 9.17) is 0 Å². The van der Waals surface area contributed by atoms with E-state index >= 15 is 0 Å². The Kier molecular flexibility index (Phi) is 6.46. The molecule has 2 amide bonds. The molecule has 116 valence electrons. The summed E-state index contributed by atoms with van der Waals surface area (Å²) >= 11 is 0. The van der Waals surface area contributed by atoms with Gasteiger partial charge in [-0.25, -0.2) is 0 Å². The van der Waals surface area contributed by atoms with Gasteiger partial charge in [-0.3, -0.25) is 9.59 Å². The summed E-state index contributed by atoms with van der Waals surface area (Å²) < 4.78 is 0. The van der Waals surface area contributed by atoms with Crippen molar-refractivity contribution in [3.8, 4) is 0 Å². The van der Waals surface area contributed by atoms with Crippen LogP contribution in [0.15, 0.2) is 0 Å². The van der Waals surface area contributed by atoms with Crippen molar-refractivity contribution in [2.45, 2.75) is 46.6 Å². The highest BCUT2D eigenvalue weighted by molar-refractivity contribution is 5.80. The molecule has 1 saturated heterocycles. The number of rotatable bonds is 5. The van der Waals surface area contributed by atoms with Gasteiger partial charge in [-0.1, -0.05) is 27.7 Å². The second kappa shape index (κ2) is 7.62. The van der Waals surface area contributed by atoms with E-state index in [0.717, 1.165) is 0 Å². The second-order valence-corrected chi connectivity index (χ2v) is 6.31. The largest absolute Gasteiger partial charge is 0.391 e. The van der Waals surface area contributed by atoms with Gasteiger partial charge >= 0.3 is 0 Å². The maximum Gasteiger partial charge on any atom is 0.225 e. The van der Waals surface area contributed by atoms with Crippen molar-refractivity contribution < 1.29 is 14.7 Å². The Hall–Kier alpha value is -1.10. The lowest BCUT2D eigenvalue weighted by molar-refractivity contribution is -0.138. The molecule has 1 unspecified atom stereocenters. The molecule has 1 fully saturated rings. The van der Waals surface area contributed by atoms with Gasteiger partial charge in [0.25, 0.3) is 0 Å². The Labute approximate surface area is 121 Å². The number of nitrogens with one attached hydrogen (secondary N) is 1. The van der Waals surface area contributed by atoms with E-state index in [-0.39, 0.29) is 29.6 Å². The molecule has 0 bridgehead atoms. The van der Waals surface area contributed by atoms with Crippen LogP contribution < -0.4 is 5.32 Å². The lowest BCUT2D eigenvalue weighted by atomic mass is 9.95. The van der Waals surface area contributed by atoms with Crippen LogP contribution in [-0.4, -0.2) is 47.6 Å². The molecule has 20 heavy (non-hydrogen) atoms. The summed E-state index contributed by atoms with van der Waals surface area (Å²) in [5.41, 5.74) is 0. The maximum atomic E-state index is 12.0. The molecule has 0 aromatic heterocycles. The summed E-state index contributed by atoms with van der Waals surface area (Å²) in [5.74, 6) is 0.286. The number of aliphatic hydroxyl groups is 1. The summed E-state index contributed by atoms with van der Waals surface area (Å²) in [7, 11) is 0. The molecule has 0 aromatic carbocycles. The summed E-state index contributed by atoms with van der Waals surface area (Å²) in [6.07, 6.45) is 0.922. The zero-order valence-electron chi connectivity index (χ0n) is 13.1. The van der Waals surface area contributed by atoms with E-state index in [9.17, 15) is 14.7 Å². The van der Waals surface area contributed by atoms with Crippen LogP contribution in [0.4, 0.5) is 0 Å². The van der Waals surface area contributed by atoms with Gasteiger partial charge < -0.3 is 15.3 Å². The van der Waals surface area contributed by atoms with Gasteiger partial charge in [0.2, 0.25) is 11.8 Å². The van der Waals surface area contributed by atoms with Crippen LogP contribution in [0.1, 0.15) is 40.5 Å². The number of hydrogen-bond acceptors (Lipinski definition) is 3. The molecule has 0 radical (unpaired) electrons. The van der Waals surface area contributed by atoms with Crippen molar-refractivity contribution in [1.82, 2.24) is 10.2 Å². The third kappa shape index (κ3) is 4.78. The van der Waals surface area contributed by atoms with Gasteiger partial charge in [-0.15, -0.1) is 0 Å². The molecule has 0 aromatic rings. The maximum absolute atomic E-state index is 12.0. The van der Waals surface area contributed by atoms with Crippen molar-refractivity contribution in [2.24, 2.45) is 17.8 Å². The van der Waals surface area contributed by atoms with Crippen molar-refractivity contribution in [1.29, 1.82) is 0 Å². The summed E-state index contributed by atoms with van der Waals surface area (Å²) in [4.78, 5) is 25.7. The minimum atomic E-state index is -0.499. The average molecular weight is 284 g/mol. The summed E-state index contributed by atoms with van der Waals surface area (Å²) in [6, 6.07) is 0. The minimum Gasteiger partial charge on any atom is -0.391 e. The zero-order chi connectivity index (χ0) is 15.3. The molecule has 2 N–H and O–H groups in total. The quantitative estimate of drug-likeness (QED) is 0.792. The third-order valence-electron chi connectivity index (χ3n) is 3.93. The molecular weight excluding hydrogens is 256 g/mol. The molecule has 5 nitrogen and oxygen atoms in total. The molecule has 0 spiro atoms. The van der Waals surface area contributed by atoms with Gasteiger partial charge in [-0.05, 0) is 18.8 Å². The molecule has 1 aliphatic heterocycles. The van der Waals surface area contributed by atoms with Gasteiger partial charge in [0.05, 0.1) is 6.10 Å². The number of carbonyl (C=O) groups excluding carboxylic acids is 2. The van der Waals surface area contributed by atoms with Crippen molar-refractivity contribution in [2.75, 3.05) is 19.6 Å². The van der Waals surface area contributed by atoms with E-state index in [1.54, 1.807) is 0 Å². The molecule has 1 atom stereocenters. The van der Waals surface area contributed by atoms with Gasteiger partial charge in [0, 0.05) is 31.5 Å². The standard InChI is InChI=1S/C15H28N2O3/c1-10(2)13(18)9-16-14(19)12-5-7-17(8-6-12)15(20)11(3)4/h10-13,18H,5-9H2,1-4H3,(H,16,19). The van der Waals surface area contributed by atoms with Crippen LogP contribution in [0.3, 0.4) is 0 Å². The monoisotopic (exact) mass is 284 g/mol. The number of amides is 2. The van der Waals surface area contributed by atoms with Crippen LogP contribution in [0.25, 0.3) is 0 Å². The Balaban J connectivity index is 2.34. The Morgan fingerprint density at radius 3 is 2.20 bits per heavy atom. The molecule has 5 heteroatoms. The molecule has 0 saturated carbocycles. The number of likely N-dealkylation sites (tertiary alicyclic amines) is 1. The van der Waals surface area contributed by atoms with Crippen molar-refractivity contribution in [3.05, 3.63) is 0 Å². The fraction of sp³-hybridized carbons (Fsp3) is 0.867. The van der Waals surface area contributed by atoms with Crippen LogP contribution in [0, 0.1) is 17.8 Å². The van der Waals surface area contributed by atoms with E-state index in [0.29, 0.717) is 32.5 Å². The first-order chi connectivity index (χ1) is 9.32. The molecule has 0 aliphatic carbocycles. The number of piperidine rings is 1. The smallest absolute Gasteiger partial charge is 0.225 e. The predicted molar refractivity (Wildman–Crippen MR) is 78.0 cm³/mol. The first kappa shape index (κ1) is 17.0. The normalized spacial score (nSPS) is 18.4. The number of hydrogen-bond donors (Lipinski definition) is 2. The van der Waals surface area contributed by atoms with Crippen molar-refractivity contribution in [3.63, 3.8) is 0 Å². The van der Waals surface area contributed by atoms with Crippen LogP contribution in [0.2, 0.25) is 0 Å². The molecule has 1 heterocycles. The first-order valence-corrected chi connectivity index (χ1v) is 7.57. The second-order valence-electron chi connectivity index (χ2n) is 6.31. The first-order valence-electron chi connectivity index (χ1n) is 7.57. The number of nitrogens with zero attached hydrogens (tertiary/aromatic N) is 1. The minimum absolute atomic E-state index is 0.00125. The summed E-state index contributed by atoms with van der Waals surface area (Å²) in [5, 5.41) is 12.5. The van der Waals surface area contributed by atoms with Gasteiger partial charge in [0.15, 0.2) is 0 Å². The van der Waals surface area contributed by atoms with E-state index < -0.39 is 6.10 Å². The highest BCUT2D eigenvalue weighted by Crippen LogP contribution is 2.19. The highest BCUT2D eigenvalue weighted by atomic mass is 16.3. The fourth-order valence-corrected chi connectivity index (χ4v) is 2.31. The Bertz CT molecular complexity index is 334. The van der Waals surface area contributed by atoms with Crippen molar-refractivity contribution >= 4 is 11.8 Å². The number of carbonyl (C=O) groups is 2. The molecule has 1 rings (SSSR count). The topological polar surface area (TPSA) is 69.6 Å². The van der Waals surface area contributed by atoms with E-state index in [1.165, 1.54) is 0 Å². The van der Waals surface area contributed by atoms with E-state index in [2.05, 4.69) is 5.32 Å². The van der Waals surface area contributed by atoms with E-state index in [1.807, 2.05) is 32.6 Å². The molecular formula is C15H28N2O3. The zero-order valence-corrected chi connectivity index (χ0v) is 13.1. The molecule has 1 aliphatic rings. The van der Waals surface area contributed by atoms with Gasteiger partial charge in [0.1, 0.15) is 0 Å². The summed E-state index contributed by atoms with van der Waals surface area (Å²) in [6.45, 7) is 9.26. The highest BCUT2D eigenvalue weighted by Gasteiger charge is 2.28. The third-order valence-corrected chi connectivity index (χ3v) is 3.93. The van der Waals surface area contributed by atoms with Gasteiger partial charge in [-0.2, -0.15) is 0 Å². The van der Waals surface area contributed by atoms with Crippen LogP contribution in [-0.2, 0) is 9.59 Å². The lowest BCUT2D eigenvalue weighted by Crippen LogP contribution is -2.45.